The number of pyridine rings is 1. The zero-order valence-corrected chi connectivity index (χ0v) is 11.6. The van der Waals surface area contributed by atoms with Crippen molar-refractivity contribution in [3.8, 4) is 11.1 Å². The highest BCUT2D eigenvalue weighted by Crippen LogP contribution is 2.29. The summed E-state index contributed by atoms with van der Waals surface area (Å²) in [6.07, 6.45) is 3.77. The van der Waals surface area contributed by atoms with Gasteiger partial charge >= 0.3 is 0 Å². The second kappa shape index (κ2) is 5.51. The fraction of sp³-hybridized carbons (Fsp3) is 0.267. The lowest BCUT2D eigenvalue weighted by atomic mass is 9.99. The van der Waals surface area contributed by atoms with Gasteiger partial charge < -0.3 is 5.32 Å². The minimum atomic E-state index is 0.289. The molecule has 3 heteroatoms. The van der Waals surface area contributed by atoms with E-state index in [0.717, 1.165) is 21.7 Å². The van der Waals surface area contributed by atoms with Gasteiger partial charge in [-0.05, 0) is 49.7 Å². The van der Waals surface area contributed by atoms with Gasteiger partial charge in [0.1, 0.15) is 0 Å². The Bertz CT molecular complexity index is 552. The molecule has 0 saturated heterocycles. The molecule has 0 radical (unpaired) electrons. The van der Waals surface area contributed by atoms with Crippen LogP contribution in [0.1, 0.15) is 24.1 Å². The van der Waals surface area contributed by atoms with E-state index in [9.17, 15) is 0 Å². The minimum Gasteiger partial charge on any atom is -0.313 e. The third kappa shape index (κ3) is 2.55. The van der Waals surface area contributed by atoms with Crippen LogP contribution in [0.15, 0.2) is 36.7 Å². The van der Waals surface area contributed by atoms with Crippen LogP contribution >= 0.6 is 11.6 Å². The Morgan fingerprint density at radius 3 is 2.78 bits per heavy atom. The second-order valence-corrected chi connectivity index (χ2v) is 4.84. The van der Waals surface area contributed by atoms with Crippen LogP contribution in [-0.2, 0) is 0 Å². The quantitative estimate of drug-likeness (QED) is 0.903. The Hall–Kier alpha value is -1.38. The molecule has 0 saturated carbocycles. The molecule has 0 fully saturated rings. The molecule has 94 valence electrons. The molecule has 0 aliphatic carbocycles. The Morgan fingerprint density at radius 2 is 2.06 bits per heavy atom. The maximum absolute atomic E-state index is 6.16. The van der Waals surface area contributed by atoms with Crippen molar-refractivity contribution in [1.82, 2.24) is 10.3 Å². The van der Waals surface area contributed by atoms with Crippen LogP contribution < -0.4 is 5.32 Å². The van der Waals surface area contributed by atoms with Crippen molar-refractivity contribution in [3.05, 3.63) is 52.8 Å². The van der Waals surface area contributed by atoms with Gasteiger partial charge in [0, 0.05) is 29.0 Å². The number of nitrogens with one attached hydrogen (secondary N) is 1. The Kier molecular flexibility index (Phi) is 4.00. The Labute approximate surface area is 113 Å². The highest BCUT2D eigenvalue weighted by molar-refractivity contribution is 6.31. The third-order valence-corrected chi connectivity index (χ3v) is 3.68. The topological polar surface area (TPSA) is 24.9 Å². The maximum Gasteiger partial charge on any atom is 0.0441 e. The fourth-order valence-corrected chi connectivity index (χ4v) is 2.10. The van der Waals surface area contributed by atoms with E-state index in [1.807, 2.05) is 38.5 Å². The van der Waals surface area contributed by atoms with E-state index in [-0.39, 0.29) is 6.04 Å². The molecule has 1 N–H and O–H groups in total. The molecule has 2 rings (SSSR count). The van der Waals surface area contributed by atoms with E-state index in [1.165, 1.54) is 5.56 Å². The molecule has 0 bridgehead atoms. The Morgan fingerprint density at radius 1 is 1.28 bits per heavy atom. The van der Waals surface area contributed by atoms with Crippen molar-refractivity contribution in [2.45, 2.75) is 19.9 Å². The molecule has 0 aliphatic heterocycles. The van der Waals surface area contributed by atoms with E-state index in [0.29, 0.717) is 0 Å². The Balaban J connectivity index is 2.48. The number of hydrogen-bond acceptors (Lipinski definition) is 2. The van der Waals surface area contributed by atoms with Gasteiger partial charge in [0.05, 0.1) is 0 Å². The molecule has 1 heterocycles. The molecule has 1 unspecified atom stereocenters. The first-order valence-electron chi connectivity index (χ1n) is 6.01. The number of benzene rings is 1. The molecule has 0 amide bonds. The first kappa shape index (κ1) is 13.1. The predicted octanol–water partition coefficient (Wildman–Crippen LogP) is 3.99. The second-order valence-electron chi connectivity index (χ2n) is 4.43. The first-order chi connectivity index (χ1) is 8.63. The van der Waals surface area contributed by atoms with Crippen LogP contribution in [0.4, 0.5) is 0 Å². The smallest absolute Gasteiger partial charge is 0.0441 e. The number of halogens is 1. The summed E-state index contributed by atoms with van der Waals surface area (Å²) in [4.78, 5) is 4.32. The minimum absolute atomic E-state index is 0.289. The summed E-state index contributed by atoms with van der Waals surface area (Å²) in [6, 6.07) is 8.41. The summed E-state index contributed by atoms with van der Waals surface area (Å²) in [5, 5.41) is 4.01. The van der Waals surface area contributed by atoms with Crippen LogP contribution in [0.25, 0.3) is 11.1 Å². The lowest BCUT2D eigenvalue weighted by Gasteiger charge is -2.13. The van der Waals surface area contributed by atoms with Crippen molar-refractivity contribution < 1.29 is 0 Å². The number of hydrogen-bond donors (Lipinski definition) is 1. The molecular formula is C15H17ClN2. The molecule has 2 aromatic rings. The number of rotatable bonds is 3. The van der Waals surface area contributed by atoms with Crippen LogP contribution in [0.3, 0.4) is 0 Å². The summed E-state index contributed by atoms with van der Waals surface area (Å²) in [5.74, 6) is 0. The third-order valence-electron chi connectivity index (χ3n) is 3.27. The number of nitrogens with zero attached hydrogens (tertiary/aromatic N) is 1. The molecule has 1 atom stereocenters. The van der Waals surface area contributed by atoms with Crippen molar-refractivity contribution >= 4 is 11.6 Å². The lowest BCUT2D eigenvalue weighted by molar-refractivity contribution is 0.650. The normalized spacial score (nSPS) is 12.4. The summed E-state index contributed by atoms with van der Waals surface area (Å²) >= 11 is 6.16. The molecule has 0 spiro atoms. The van der Waals surface area contributed by atoms with Gasteiger partial charge in [-0.2, -0.15) is 0 Å². The molecule has 0 aliphatic rings. The van der Waals surface area contributed by atoms with Crippen molar-refractivity contribution in [3.63, 3.8) is 0 Å². The highest BCUT2D eigenvalue weighted by Gasteiger charge is 2.08. The van der Waals surface area contributed by atoms with Gasteiger partial charge in [0.15, 0.2) is 0 Å². The molecule has 2 nitrogen and oxygen atoms in total. The van der Waals surface area contributed by atoms with Gasteiger partial charge in [0.2, 0.25) is 0 Å². The van der Waals surface area contributed by atoms with Crippen LogP contribution in [0, 0.1) is 6.92 Å². The van der Waals surface area contributed by atoms with E-state index in [1.54, 1.807) is 0 Å². The number of aromatic nitrogens is 1. The average molecular weight is 261 g/mol. The van der Waals surface area contributed by atoms with Gasteiger partial charge in [-0.3, -0.25) is 4.98 Å². The largest absolute Gasteiger partial charge is 0.313 e. The first-order valence-corrected chi connectivity index (χ1v) is 6.39. The lowest BCUT2D eigenvalue weighted by Crippen LogP contribution is -2.12. The summed E-state index contributed by atoms with van der Waals surface area (Å²) in [5.41, 5.74) is 4.51. The van der Waals surface area contributed by atoms with E-state index in [4.69, 9.17) is 11.6 Å². The average Bonchev–Trinajstić information content (AvgIpc) is 2.41. The van der Waals surface area contributed by atoms with E-state index in [2.05, 4.69) is 29.4 Å². The van der Waals surface area contributed by atoms with Gasteiger partial charge in [-0.15, -0.1) is 0 Å². The van der Waals surface area contributed by atoms with Gasteiger partial charge in [0.25, 0.3) is 0 Å². The summed E-state index contributed by atoms with van der Waals surface area (Å²) < 4.78 is 0. The highest BCUT2D eigenvalue weighted by atomic mass is 35.5. The predicted molar refractivity (Wildman–Crippen MR) is 76.9 cm³/mol. The molecule has 18 heavy (non-hydrogen) atoms. The summed E-state index contributed by atoms with van der Waals surface area (Å²) in [7, 11) is 1.95. The van der Waals surface area contributed by atoms with Gasteiger partial charge in [-0.1, -0.05) is 23.7 Å². The SMILES string of the molecule is CNC(C)c1cncc(-c2cccc(Cl)c2C)c1. The van der Waals surface area contributed by atoms with Crippen LogP contribution in [0.2, 0.25) is 5.02 Å². The van der Waals surface area contributed by atoms with Crippen molar-refractivity contribution in [2.75, 3.05) is 7.05 Å². The monoisotopic (exact) mass is 260 g/mol. The maximum atomic E-state index is 6.16. The van der Waals surface area contributed by atoms with E-state index >= 15 is 0 Å². The van der Waals surface area contributed by atoms with E-state index < -0.39 is 0 Å². The zero-order valence-electron chi connectivity index (χ0n) is 10.9. The fourth-order valence-electron chi connectivity index (χ4n) is 1.93. The summed E-state index contributed by atoms with van der Waals surface area (Å²) in [6.45, 7) is 4.15. The van der Waals surface area contributed by atoms with Crippen LogP contribution in [0.5, 0.6) is 0 Å². The molecule has 1 aromatic heterocycles. The molecule has 1 aromatic carbocycles. The van der Waals surface area contributed by atoms with Crippen molar-refractivity contribution in [1.29, 1.82) is 0 Å². The van der Waals surface area contributed by atoms with Crippen LogP contribution in [-0.4, -0.2) is 12.0 Å². The van der Waals surface area contributed by atoms with Gasteiger partial charge in [-0.25, -0.2) is 0 Å². The standard InChI is InChI=1S/C15H17ClN2/c1-10-14(5-4-6-15(10)16)13-7-12(8-18-9-13)11(2)17-3/h4-9,11,17H,1-3H3. The molecular weight excluding hydrogens is 244 g/mol. The zero-order chi connectivity index (χ0) is 13.1. The van der Waals surface area contributed by atoms with Crippen molar-refractivity contribution in [2.24, 2.45) is 0 Å².